The maximum absolute atomic E-state index is 10.4. The molecule has 0 N–H and O–H groups in total. The molecule has 98 valence electrons. The first kappa shape index (κ1) is 13.9. The Kier molecular flexibility index (Phi) is 5.90. The average molecular weight is 243 g/mol. The van der Waals surface area contributed by atoms with Crippen molar-refractivity contribution in [3.8, 4) is 0 Å². The minimum absolute atomic E-state index is 0.0389. The maximum atomic E-state index is 10.4. The summed E-state index contributed by atoms with van der Waals surface area (Å²) in [5.41, 5.74) is 0. The summed E-state index contributed by atoms with van der Waals surface area (Å²) < 4.78 is 5.13. The summed E-state index contributed by atoms with van der Waals surface area (Å²) in [4.78, 5) is 10.2. The van der Waals surface area contributed by atoms with Crippen molar-refractivity contribution in [3.63, 3.8) is 0 Å². The highest BCUT2D eigenvalue weighted by atomic mass is 16.6. The van der Waals surface area contributed by atoms with Gasteiger partial charge in [-0.05, 0) is 19.3 Å². The zero-order chi connectivity index (χ0) is 12.7. The predicted molar refractivity (Wildman–Crippen MR) is 65.7 cm³/mol. The fourth-order valence-electron chi connectivity index (χ4n) is 1.99. The first-order valence-electron chi connectivity index (χ1n) is 6.08. The summed E-state index contributed by atoms with van der Waals surface area (Å²) in [5.74, 6) is -0.0752. The van der Waals surface area contributed by atoms with Gasteiger partial charge in [-0.2, -0.15) is 5.10 Å². The van der Waals surface area contributed by atoms with Crippen LogP contribution in [0.5, 0.6) is 0 Å². The lowest BCUT2D eigenvalue weighted by Crippen LogP contribution is -2.29. The first-order chi connectivity index (χ1) is 8.17. The lowest BCUT2D eigenvalue weighted by Gasteiger charge is -2.20. The Morgan fingerprint density at radius 3 is 3.06 bits per heavy atom. The van der Waals surface area contributed by atoms with Gasteiger partial charge < -0.3 is 4.74 Å². The Morgan fingerprint density at radius 1 is 1.71 bits per heavy atom. The Morgan fingerprint density at radius 2 is 2.47 bits per heavy atom. The van der Waals surface area contributed by atoms with E-state index in [-0.39, 0.29) is 17.4 Å². The molecule has 6 nitrogen and oxygen atoms in total. The van der Waals surface area contributed by atoms with Gasteiger partial charge in [-0.25, -0.2) is 0 Å². The van der Waals surface area contributed by atoms with Crippen LogP contribution in [0.3, 0.4) is 0 Å². The van der Waals surface area contributed by atoms with Gasteiger partial charge in [0.05, 0.1) is 18.6 Å². The lowest BCUT2D eigenvalue weighted by molar-refractivity contribution is -0.484. The van der Waals surface area contributed by atoms with Crippen LogP contribution in [-0.2, 0) is 4.74 Å². The summed E-state index contributed by atoms with van der Waals surface area (Å²) in [7, 11) is 1.68. The SMILES string of the molecule is CC[C@H](/C=N/N1CCC[C@H]1COC)C[N+](=O)[O-]. The van der Waals surface area contributed by atoms with Crippen LogP contribution in [0.1, 0.15) is 26.2 Å². The molecule has 1 heterocycles. The standard InChI is InChI=1S/C11H21N3O3/c1-3-10(8-14(15)16)7-12-13-6-4-5-11(13)9-17-2/h7,10-11H,3-6,8-9H2,1-2H3/b12-7+/t10-,11+/m1/s1. The summed E-state index contributed by atoms with van der Waals surface area (Å²) in [6, 6.07) is 0.323. The van der Waals surface area contributed by atoms with Crippen LogP contribution in [-0.4, -0.2) is 49.0 Å². The number of rotatable bonds is 7. The van der Waals surface area contributed by atoms with Gasteiger partial charge in [-0.15, -0.1) is 0 Å². The van der Waals surface area contributed by atoms with Crippen molar-refractivity contribution >= 4 is 6.21 Å². The molecule has 0 spiro atoms. The van der Waals surface area contributed by atoms with Crippen LogP contribution in [0.25, 0.3) is 0 Å². The zero-order valence-corrected chi connectivity index (χ0v) is 10.5. The summed E-state index contributed by atoms with van der Waals surface area (Å²) in [6.07, 6.45) is 4.65. The van der Waals surface area contributed by atoms with Crippen molar-refractivity contribution in [1.29, 1.82) is 0 Å². The molecule has 1 rings (SSSR count). The highest BCUT2D eigenvalue weighted by Crippen LogP contribution is 2.17. The minimum atomic E-state index is -0.281. The number of hydrogen-bond donors (Lipinski definition) is 0. The van der Waals surface area contributed by atoms with Gasteiger partial charge >= 0.3 is 0 Å². The molecule has 0 amide bonds. The number of hydrazone groups is 1. The molecule has 1 fully saturated rings. The van der Waals surface area contributed by atoms with Crippen LogP contribution in [0.2, 0.25) is 0 Å². The third-order valence-corrected chi connectivity index (χ3v) is 3.04. The zero-order valence-electron chi connectivity index (χ0n) is 10.5. The van der Waals surface area contributed by atoms with Crippen molar-refractivity contribution in [3.05, 3.63) is 10.1 Å². The van der Waals surface area contributed by atoms with Crippen molar-refractivity contribution in [2.24, 2.45) is 11.0 Å². The fourth-order valence-corrected chi connectivity index (χ4v) is 1.99. The summed E-state index contributed by atoms with van der Waals surface area (Å²) in [6.45, 7) is 3.49. The molecule has 0 radical (unpaired) electrons. The Bertz CT molecular complexity index is 271. The van der Waals surface area contributed by atoms with E-state index >= 15 is 0 Å². The van der Waals surface area contributed by atoms with Crippen LogP contribution in [0, 0.1) is 16.0 Å². The van der Waals surface area contributed by atoms with Gasteiger partial charge in [0, 0.05) is 24.8 Å². The van der Waals surface area contributed by atoms with E-state index in [4.69, 9.17) is 4.74 Å². The topological polar surface area (TPSA) is 68.0 Å². The molecule has 0 aromatic heterocycles. The molecule has 1 aliphatic rings. The van der Waals surface area contributed by atoms with Crippen molar-refractivity contribution in [1.82, 2.24) is 5.01 Å². The smallest absolute Gasteiger partial charge is 0.211 e. The van der Waals surface area contributed by atoms with Crippen molar-refractivity contribution in [2.75, 3.05) is 26.8 Å². The number of nitrogens with zero attached hydrogens (tertiary/aromatic N) is 3. The van der Waals surface area contributed by atoms with Gasteiger partial charge in [0.15, 0.2) is 0 Å². The van der Waals surface area contributed by atoms with Gasteiger partial charge in [0.1, 0.15) is 0 Å². The Balaban J connectivity index is 2.47. The van der Waals surface area contributed by atoms with Crippen LogP contribution < -0.4 is 0 Å². The lowest BCUT2D eigenvalue weighted by atomic mass is 10.1. The quantitative estimate of drug-likeness (QED) is 0.385. The highest BCUT2D eigenvalue weighted by Gasteiger charge is 2.23. The van der Waals surface area contributed by atoms with E-state index in [0.717, 1.165) is 25.8 Å². The van der Waals surface area contributed by atoms with E-state index in [0.29, 0.717) is 12.6 Å². The van der Waals surface area contributed by atoms with Crippen molar-refractivity contribution in [2.45, 2.75) is 32.2 Å². The highest BCUT2D eigenvalue weighted by molar-refractivity contribution is 5.60. The molecule has 1 saturated heterocycles. The van der Waals surface area contributed by atoms with Crippen molar-refractivity contribution < 1.29 is 9.66 Å². The molecule has 17 heavy (non-hydrogen) atoms. The third kappa shape index (κ3) is 4.68. The van der Waals surface area contributed by atoms with Crippen LogP contribution in [0.4, 0.5) is 0 Å². The fraction of sp³-hybridized carbons (Fsp3) is 0.909. The van der Waals surface area contributed by atoms with Gasteiger partial charge in [0.2, 0.25) is 6.54 Å². The molecular formula is C11H21N3O3. The van der Waals surface area contributed by atoms with E-state index in [1.54, 1.807) is 13.3 Å². The minimum Gasteiger partial charge on any atom is -0.382 e. The second kappa shape index (κ2) is 7.21. The average Bonchev–Trinajstić information content (AvgIpc) is 2.72. The third-order valence-electron chi connectivity index (χ3n) is 3.04. The molecule has 0 aromatic rings. The summed E-state index contributed by atoms with van der Waals surface area (Å²) in [5, 5.41) is 16.8. The normalized spacial score (nSPS) is 22.2. The number of methoxy groups -OCH3 is 1. The first-order valence-corrected chi connectivity index (χ1v) is 6.08. The molecule has 1 aliphatic heterocycles. The van der Waals surface area contributed by atoms with E-state index in [2.05, 4.69) is 5.10 Å². The van der Waals surface area contributed by atoms with Crippen LogP contribution >= 0.6 is 0 Å². The van der Waals surface area contributed by atoms with E-state index < -0.39 is 0 Å². The number of ether oxygens (including phenoxy) is 1. The summed E-state index contributed by atoms with van der Waals surface area (Å²) >= 11 is 0. The van der Waals surface area contributed by atoms with Gasteiger partial charge in [-0.1, -0.05) is 6.92 Å². The predicted octanol–water partition coefficient (Wildman–Crippen LogP) is 1.39. The van der Waals surface area contributed by atoms with E-state index in [1.807, 2.05) is 11.9 Å². The molecule has 0 aromatic carbocycles. The molecule has 0 bridgehead atoms. The van der Waals surface area contributed by atoms with Crippen LogP contribution in [0.15, 0.2) is 5.10 Å². The van der Waals surface area contributed by atoms with E-state index in [1.165, 1.54) is 0 Å². The largest absolute Gasteiger partial charge is 0.382 e. The monoisotopic (exact) mass is 243 g/mol. The molecule has 6 heteroatoms. The van der Waals surface area contributed by atoms with E-state index in [9.17, 15) is 10.1 Å². The second-order valence-corrected chi connectivity index (χ2v) is 4.36. The number of nitro groups is 1. The molecule has 0 aliphatic carbocycles. The Labute approximate surface area is 102 Å². The van der Waals surface area contributed by atoms with Gasteiger partial charge in [-0.3, -0.25) is 15.1 Å². The van der Waals surface area contributed by atoms with Gasteiger partial charge in [0.25, 0.3) is 0 Å². The maximum Gasteiger partial charge on any atom is 0.211 e. The molecule has 2 atom stereocenters. The Hall–Kier alpha value is -1.17. The number of hydrogen-bond acceptors (Lipinski definition) is 5. The second-order valence-electron chi connectivity index (χ2n) is 4.36. The molecule has 0 saturated carbocycles. The molecular weight excluding hydrogens is 222 g/mol. The molecule has 0 unspecified atom stereocenters.